The molecule has 7 heteroatoms. The summed E-state index contributed by atoms with van der Waals surface area (Å²) in [4.78, 5) is 30.2. The lowest BCUT2D eigenvalue weighted by Gasteiger charge is -2.05. The van der Waals surface area contributed by atoms with Crippen molar-refractivity contribution in [2.45, 2.75) is 13.5 Å². The number of hydrogen-bond donors (Lipinski definition) is 2. The van der Waals surface area contributed by atoms with Crippen molar-refractivity contribution in [3.8, 4) is 0 Å². The van der Waals surface area contributed by atoms with Gasteiger partial charge in [-0.15, -0.1) is 0 Å². The summed E-state index contributed by atoms with van der Waals surface area (Å²) in [6, 6.07) is 3.47. The van der Waals surface area contributed by atoms with E-state index < -0.39 is 5.97 Å². The second kappa shape index (κ2) is 5.96. The number of carbonyl (C=O) groups is 2. The van der Waals surface area contributed by atoms with Gasteiger partial charge in [0.25, 0.3) is 5.91 Å². The summed E-state index contributed by atoms with van der Waals surface area (Å²) in [5, 5.41) is 11.5. The van der Waals surface area contributed by atoms with Crippen LogP contribution in [0.25, 0.3) is 0 Å². The van der Waals surface area contributed by atoms with Crippen LogP contribution in [0.2, 0.25) is 0 Å². The number of imidazole rings is 1. The van der Waals surface area contributed by atoms with Crippen LogP contribution in [-0.4, -0.2) is 38.1 Å². The summed E-state index contributed by atoms with van der Waals surface area (Å²) in [5.41, 5.74) is 1.33. The average Bonchev–Trinajstić information content (AvgIpc) is 2.88. The maximum atomic E-state index is 11.8. The number of carbonyl (C=O) groups excluding carboxylic acids is 1. The lowest BCUT2D eigenvalue weighted by Crippen LogP contribution is -2.27. The summed E-state index contributed by atoms with van der Waals surface area (Å²) in [7, 11) is 0. The van der Waals surface area contributed by atoms with Gasteiger partial charge in [0.2, 0.25) is 0 Å². The summed E-state index contributed by atoms with van der Waals surface area (Å²) in [6.07, 6.45) is 4.36. The molecule has 1 amide bonds. The van der Waals surface area contributed by atoms with Gasteiger partial charge in [0.05, 0.1) is 11.9 Å². The van der Waals surface area contributed by atoms with Gasteiger partial charge in [-0.3, -0.25) is 9.78 Å². The molecule has 0 saturated heterocycles. The maximum Gasteiger partial charge on any atom is 0.356 e. The second-order valence-corrected chi connectivity index (χ2v) is 4.25. The Balaban J connectivity index is 1.84. The van der Waals surface area contributed by atoms with Crippen molar-refractivity contribution in [2.24, 2.45) is 0 Å². The molecule has 0 radical (unpaired) electrons. The van der Waals surface area contributed by atoms with Crippen molar-refractivity contribution in [1.29, 1.82) is 0 Å². The Labute approximate surface area is 115 Å². The van der Waals surface area contributed by atoms with Gasteiger partial charge in [0, 0.05) is 31.2 Å². The van der Waals surface area contributed by atoms with Crippen LogP contribution < -0.4 is 5.32 Å². The molecule has 0 aromatic carbocycles. The number of carboxylic acid groups (broad SMARTS) is 1. The van der Waals surface area contributed by atoms with Crippen molar-refractivity contribution in [1.82, 2.24) is 19.9 Å². The average molecular weight is 274 g/mol. The number of rotatable bonds is 5. The summed E-state index contributed by atoms with van der Waals surface area (Å²) < 4.78 is 1.61. The van der Waals surface area contributed by atoms with Gasteiger partial charge in [-0.05, 0) is 19.1 Å². The third kappa shape index (κ3) is 3.41. The Hall–Kier alpha value is -2.70. The standard InChI is InChI=1S/C13H14N4O3/c1-9-2-3-10(6-15-9)12(18)14-4-5-17-7-11(13(19)20)16-8-17/h2-3,6-8H,4-5H2,1H3,(H,14,18)(H,19,20). The van der Waals surface area contributed by atoms with Crippen LogP contribution in [0, 0.1) is 6.92 Å². The van der Waals surface area contributed by atoms with E-state index in [-0.39, 0.29) is 11.6 Å². The van der Waals surface area contributed by atoms with Crippen LogP contribution >= 0.6 is 0 Å². The minimum absolute atomic E-state index is 0.0148. The number of nitrogens with one attached hydrogen (secondary N) is 1. The first-order valence-corrected chi connectivity index (χ1v) is 6.02. The molecule has 0 bridgehead atoms. The molecule has 2 aromatic heterocycles. The second-order valence-electron chi connectivity index (χ2n) is 4.25. The molecule has 0 fully saturated rings. The zero-order valence-electron chi connectivity index (χ0n) is 10.9. The lowest BCUT2D eigenvalue weighted by atomic mass is 10.2. The molecular weight excluding hydrogens is 260 g/mol. The first kappa shape index (κ1) is 13.7. The van der Waals surface area contributed by atoms with Crippen LogP contribution in [0.4, 0.5) is 0 Å². The van der Waals surface area contributed by atoms with Crippen molar-refractivity contribution in [2.75, 3.05) is 6.54 Å². The van der Waals surface area contributed by atoms with Gasteiger partial charge in [-0.2, -0.15) is 0 Å². The Morgan fingerprint density at radius 3 is 2.75 bits per heavy atom. The van der Waals surface area contributed by atoms with E-state index in [2.05, 4.69) is 15.3 Å². The molecule has 2 rings (SSSR count). The number of carboxylic acids is 1. The highest BCUT2D eigenvalue weighted by atomic mass is 16.4. The van der Waals surface area contributed by atoms with E-state index in [0.717, 1.165) is 5.69 Å². The van der Waals surface area contributed by atoms with Gasteiger partial charge in [-0.25, -0.2) is 9.78 Å². The largest absolute Gasteiger partial charge is 0.476 e. The molecule has 2 N–H and O–H groups in total. The van der Waals surface area contributed by atoms with Crippen LogP contribution in [0.3, 0.4) is 0 Å². The first-order valence-electron chi connectivity index (χ1n) is 6.02. The molecule has 0 aliphatic rings. The van der Waals surface area contributed by atoms with Crippen molar-refractivity contribution >= 4 is 11.9 Å². The van der Waals surface area contributed by atoms with Gasteiger partial charge in [0.15, 0.2) is 5.69 Å². The fourth-order valence-electron chi connectivity index (χ4n) is 1.60. The summed E-state index contributed by atoms with van der Waals surface area (Å²) in [5.74, 6) is -1.28. The van der Waals surface area contributed by atoms with Crippen LogP contribution in [0.5, 0.6) is 0 Å². The third-order valence-electron chi connectivity index (χ3n) is 2.68. The number of hydrogen-bond acceptors (Lipinski definition) is 4. The fourth-order valence-corrected chi connectivity index (χ4v) is 1.60. The predicted octanol–water partition coefficient (Wildman–Crippen LogP) is 0.715. The minimum atomic E-state index is -1.07. The van der Waals surface area contributed by atoms with Crippen LogP contribution in [0.15, 0.2) is 30.9 Å². The lowest BCUT2D eigenvalue weighted by molar-refractivity contribution is 0.0690. The normalized spacial score (nSPS) is 10.2. The molecule has 0 unspecified atom stereocenters. The van der Waals surface area contributed by atoms with Crippen LogP contribution in [0.1, 0.15) is 26.5 Å². The molecule has 7 nitrogen and oxygen atoms in total. The van der Waals surface area contributed by atoms with E-state index in [4.69, 9.17) is 5.11 Å². The molecule has 104 valence electrons. The molecule has 0 atom stereocenters. The Morgan fingerprint density at radius 2 is 2.15 bits per heavy atom. The SMILES string of the molecule is Cc1ccc(C(=O)NCCn2cnc(C(=O)O)c2)cn1. The molecule has 20 heavy (non-hydrogen) atoms. The maximum absolute atomic E-state index is 11.8. The van der Waals surface area contributed by atoms with Crippen molar-refractivity contribution in [3.63, 3.8) is 0 Å². The van der Waals surface area contributed by atoms with E-state index in [9.17, 15) is 9.59 Å². The topological polar surface area (TPSA) is 97.1 Å². The number of aryl methyl sites for hydroxylation is 1. The highest BCUT2D eigenvalue weighted by Crippen LogP contribution is 1.99. The van der Waals surface area contributed by atoms with Gasteiger partial charge < -0.3 is 15.0 Å². The molecule has 0 aliphatic carbocycles. The zero-order valence-corrected chi connectivity index (χ0v) is 10.9. The van der Waals surface area contributed by atoms with Crippen LogP contribution in [-0.2, 0) is 6.54 Å². The number of amides is 1. The van der Waals surface area contributed by atoms with E-state index in [1.165, 1.54) is 18.7 Å². The highest BCUT2D eigenvalue weighted by Gasteiger charge is 2.07. The monoisotopic (exact) mass is 274 g/mol. The number of pyridine rings is 1. The third-order valence-corrected chi connectivity index (χ3v) is 2.68. The van der Waals surface area contributed by atoms with E-state index in [1.54, 1.807) is 16.7 Å². The van der Waals surface area contributed by atoms with Gasteiger partial charge >= 0.3 is 5.97 Å². The Kier molecular flexibility index (Phi) is 4.09. The van der Waals surface area contributed by atoms with Crippen molar-refractivity contribution < 1.29 is 14.7 Å². The number of nitrogens with zero attached hydrogens (tertiary/aromatic N) is 3. The minimum Gasteiger partial charge on any atom is -0.476 e. The predicted molar refractivity (Wildman–Crippen MR) is 70.5 cm³/mol. The fraction of sp³-hybridized carbons (Fsp3) is 0.231. The van der Waals surface area contributed by atoms with Crippen molar-refractivity contribution in [3.05, 3.63) is 47.8 Å². The Morgan fingerprint density at radius 1 is 1.35 bits per heavy atom. The highest BCUT2D eigenvalue weighted by molar-refractivity contribution is 5.93. The number of aromatic carboxylic acids is 1. The van der Waals surface area contributed by atoms with E-state index in [1.807, 2.05) is 6.92 Å². The summed E-state index contributed by atoms with van der Waals surface area (Å²) in [6.45, 7) is 2.67. The summed E-state index contributed by atoms with van der Waals surface area (Å²) >= 11 is 0. The molecular formula is C13H14N4O3. The Bertz CT molecular complexity index is 619. The van der Waals surface area contributed by atoms with Gasteiger partial charge in [0.1, 0.15) is 0 Å². The molecule has 0 saturated carbocycles. The van der Waals surface area contributed by atoms with Gasteiger partial charge in [-0.1, -0.05) is 0 Å². The molecule has 2 heterocycles. The quantitative estimate of drug-likeness (QED) is 0.837. The molecule has 0 spiro atoms. The zero-order chi connectivity index (χ0) is 14.5. The molecule has 2 aromatic rings. The first-order chi connectivity index (χ1) is 9.56. The smallest absolute Gasteiger partial charge is 0.356 e. The molecule has 0 aliphatic heterocycles. The van der Waals surface area contributed by atoms with E-state index in [0.29, 0.717) is 18.7 Å². The van der Waals surface area contributed by atoms with E-state index >= 15 is 0 Å². The number of aromatic nitrogens is 3.